The minimum atomic E-state index is -0.235. The second-order valence-corrected chi connectivity index (χ2v) is 6.52. The third-order valence-corrected chi connectivity index (χ3v) is 4.83. The first-order chi connectivity index (χ1) is 12.6. The molecule has 1 amide bonds. The molecule has 4 rings (SSSR count). The van der Waals surface area contributed by atoms with Crippen molar-refractivity contribution >= 4 is 11.6 Å². The number of amides is 1. The van der Waals surface area contributed by atoms with E-state index < -0.39 is 0 Å². The highest BCUT2D eigenvalue weighted by Gasteiger charge is 2.32. The number of nitrogens with zero attached hydrogens (tertiary/aromatic N) is 3. The Balaban J connectivity index is 1.74. The first kappa shape index (κ1) is 16.3. The van der Waals surface area contributed by atoms with Gasteiger partial charge in [-0.3, -0.25) is 9.59 Å². The van der Waals surface area contributed by atoms with Crippen molar-refractivity contribution in [2.24, 2.45) is 7.05 Å². The SMILES string of the molecule is Cn1nc(C(=O)N(c2ccccc2)C2Cc3ccccc3C2)ccc1=O. The van der Waals surface area contributed by atoms with Crippen LogP contribution in [0.5, 0.6) is 0 Å². The molecule has 1 heterocycles. The van der Waals surface area contributed by atoms with Gasteiger partial charge in [-0.1, -0.05) is 42.5 Å². The first-order valence-electron chi connectivity index (χ1n) is 8.63. The second kappa shape index (κ2) is 6.59. The molecule has 2 aromatic carbocycles. The molecule has 0 bridgehead atoms. The van der Waals surface area contributed by atoms with Crippen LogP contribution in [0, 0.1) is 0 Å². The minimum absolute atomic E-state index is 0.0290. The molecule has 1 aromatic heterocycles. The summed E-state index contributed by atoms with van der Waals surface area (Å²) in [5.74, 6) is -0.190. The van der Waals surface area contributed by atoms with E-state index >= 15 is 0 Å². The number of carbonyl (C=O) groups is 1. The van der Waals surface area contributed by atoms with Crippen molar-refractivity contribution < 1.29 is 4.79 Å². The fourth-order valence-corrected chi connectivity index (χ4v) is 3.54. The second-order valence-electron chi connectivity index (χ2n) is 6.52. The number of benzene rings is 2. The van der Waals surface area contributed by atoms with Crippen LogP contribution in [0.2, 0.25) is 0 Å². The average molecular weight is 345 g/mol. The molecule has 0 unspecified atom stereocenters. The van der Waals surface area contributed by atoms with Gasteiger partial charge in [0.2, 0.25) is 0 Å². The van der Waals surface area contributed by atoms with Crippen LogP contribution < -0.4 is 10.5 Å². The maximum Gasteiger partial charge on any atom is 0.278 e. The Kier molecular flexibility index (Phi) is 4.13. The summed E-state index contributed by atoms with van der Waals surface area (Å²) in [5.41, 5.74) is 3.43. The summed E-state index contributed by atoms with van der Waals surface area (Å²) in [6, 6.07) is 20.9. The van der Waals surface area contributed by atoms with Crippen molar-refractivity contribution in [2.75, 3.05) is 4.90 Å². The van der Waals surface area contributed by atoms with Gasteiger partial charge >= 0.3 is 0 Å². The summed E-state index contributed by atoms with van der Waals surface area (Å²) < 4.78 is 1.19. The summed E-state index contributed by atoms with van der Waals surface area (Å²) in [5, 5.41) is 4.15. The zero-order valence-corrected chi connectivity index (χ0v) is 14.5. The van der Waals surface area contributed by atoms with E-state index in [1.807, 2.05) is 47.4 Å². The topological polar surface area (TPSA) is 55.2 Å². The fraction of sp³-hybridized carbons (Fsp3) is 0.190. The van der Waals surface area contributed by atoms with Crippen molar-refractivity contribution in [3.63, 3.8) is 0 Å². The standard InChI is InChI=1S/C21H19N3O2/c1-23-20(25)12-11-19(22-23)21(26)24(17-9-3-2-4-10-17)18-13-15-7-5-6-8-16(15)14-18/h2-12,18H,13-14H2,1H3. The van der Waals surface area contributed by atoms with E-state index in [0.29, 0.717) is 0 Å². The van der Waals surface area contributed by atoms with Crippen molar-refractivity contribution in [3.05, 3.63) is 93.9 Å². The lowest BCUT2D eigenvalue weighted by molar-refractivity contribution is 0.0970. The molecule has 1 aliphatic rings. The number of rotatable bonds is 3. The predicted molar refractivity (Wildman–Crippen MR) is 100 cm³/mol. The van der Waals surface area contributed by atoms with Gasteiger partial charge in [-0.15, -0.1) is 0 Å². The van der Waals surface area contributed by atoms with Crippen LogP contribution in [0.4, 0.5) is 5.69 Å². The molecular weight excluding hydrogens is 326 g/mol. The molecule has 0 saturated carbocycles. The molecule has 1 aliphatic carbocycles. The molecule has 5 heteroatoms. The molecule has 0 aliphatic heterocycles. The Morgan fingerprint density at radius 3 is 2.19 bits per heavy atom. The Morgan fingerprint density at radius 1 is 0.962 bits per heavy atom. The third-order valence-electron chi connectivity index (χ3n) is 4.83. The van der Waals surface area contributed by atoms with E-state index in [1.165, 1.54) is 27.9 Å². The van der Waals surface area contributed by atoms with E-state index in [4.69, 9.17) is 0 Å². The zero-order chi connectivity index (χ0) is 18.1. The Hall–Kier alpha value is -3.21. The quantitative estimate of drug-likeness (QED) is 0.733. The zero-order valence-electron chi connectivity index (χ0n) is 14.5. The summed E-state index contributed by atoms with van der Waals surface area (Å²) in [6.45, 7) is 0. The van der Waals surface area contributed by atoms with Crippen LogP contribution in [0.3, 0.4) is 0 Å². The van der Waals surface area contributed by atoms with Crippen molar-refractivity contribution in [1.82, 2.24) is 9.78 Å². The van der Waals surface area contributed by atoms with Crippen LogP contribution >= 0.6 is 0 Å². The molecular formula is C21H19N3O2. The molecule has 5 nitrogen and oxygen atoms in total. The molecule has 0 saturated heterocycles. The van der Waals surface area contributed by atoms with Gasteiger partial charge in [-0.2, -0.15) is 5.10 Å². The number of carbonyl (C=O) groups excluding carboxylic acids is 1. The third kappa shape index (κ3) is 2.92. The lowest BCUT2D eigenvalue weighted by atomic mass is 10.1. The number of aromatic nitrogens is 2. The summed E-state index contributed by atoms with van der Waals surface area (Å²) >= 11 is 0. The number of aryl methyl sites for hydroxylation is 1. The lowest BCUT2D eigenvalue weighted by Crippen LogP contribution is -2.42. The number of hydrogen-bond acceptors (Lipinski definition) is 3. The van der Waals surface area contributed by atoms with Crippen LogP contribution in [0.15, 0.2) is 71.5 Å². The maximum absolute atomic E-state index is 13.3. The van der Waals surface area contributed by atoms with Crippen LogP contribution in [-0.4, -0.2) is 21.7 Å². The molecule has 130 valence electrons. The normalized spacial score (nSPS) is 13.4. The van der Waals surface area contributed by atoms with Gasteiger partial charge in [-0.25, -0.2) is 4.68 Å². The number of hydrogen-bond donors (Lipinski definition) is 0. The Bertz CT molecular complexity index is 986. The fourth-order valence-electron chi connectivity index (χ4n) is 3.54. The molecule has 0 N–H and O–H groups in total. The van der Waals surface area contributed by atoms with E-state index in [0.717, 1.165) is 18.5 Å². The van der Waals surface area contributed by atoms with Gasteiger partial charge in [0.1, 0.15) is 5.69 Å². The van der Waals surface area contributed by atoms with Crippen LogP contribution in [0.1, 0.15) is 21.6 Å². The van der Waals surface area contributed by atoms with Crippen molar-refractivity contribution in [3.8, 4) is 0 Å². The molecule has 0 radical (unpaired) electrons. The Morgan fingerprint density at radius 2 is 1.58 bits per heavy atom. The number of anilines is 1. The van der Waals surface area contributed by atoms with E-state index in [-0.39, 0.29) is 23.2 Å². The van der Waals surface area contributed by atoms with Gasteiger partial charge in [0.15, 0.2) is 0 Å². The largest absolute Gasteiger partial charge is 0.303 e. The van der Waals surface area contributed by atoms with Crippen LogP contribution in [0.25, 0.3) is 0 Å². The van der Waals surface area contributed by atoms with Crippen molar-refractivity contribution in [1.29, 1.82) is 0 Å². The van der Waals surface area contributed by atoms with Gasteiger partial charge in [-0.05, 0) is 42.2 Å². The summed E-state index contributed by atoms with van der Waals surface area (Å²) in [4.78, 5) is 26.7. The minimum Gasteiger partial charge on any atom is -0.303 e. The van der Waals surface area contributed by atoms with E-state index in [1.54, 1.807) is 7.05 Å². The highest BCUT2D eigenvalue weighted by Crippen LogP contribution is 2.29. The molecule has 26 heavy (non-hydrogen) atoms. The molecule has 3 aromatic rings. The van der Waals surface area contributed by atoms with Gasteiger partial charge < -0.3 is 4.90 Å². The summed E-state index contributed by atoms with van der Waals surface area (Å²) in [7, 11) is 1.55. The average Bonchev–Trinajstić information content (AvgIpc) is 3.08. The highest BCUT2D eigenvalue weighted by molar-refractivity contribution is 6.05. The Labute approximate surface area is 151 Å². The van der Waals surface area contributed by atoms with Crippen LogP contribution in [-0.2, 0) is 19.9 Å². The predicted octanol–water partition coefficient (Wildman–Crippen LogP) is 2.59. The first-order valence-corrected chi connectivity index (χ1v) is 8.63. The van der Waals surface area contributed by atoms with Gasteiger partial charge in [0.25, 0.3) is 11.5 Å². The lowest BCUT2D eigenvalue weighted by Gasteiger charge is -2.29. The van der Waals surface area contributed by atoms with Crippen molar-refractivity contribution in [2.45, 2.75) is 18.9 Å². The molecule has 0 atom stereocenters. The molecule has 0 spiro atoms. The van der Waals surface area contributed by atoms with Gasteiger partial charge in [0, 0.05) is 24.8 Å². The smallest absolute Gasteiger partial charge is 0.278 e. The number of para-hydroxylation sites is 1. The van der Waals surface area contributed by atoms with Gasteiger partial charge in [0.05, 0.1) is 0 Å². The number of fused-ring (bicyclic) bond motifs is 1. The highest BCUT2D eigenvalue weighted by atomic mass is 16.2. The monoisotopic (exact) mass is 345 g/mol. The summed E-state index contributed by atoms with van der Waals surface area (Å²) in [6.07, 6.45) is 1.62. The molecule has 0 fully saturated rings. The van der Waals surface area contributed by atoms with E-state index in [2.05, 4.69) is 17.2 Å². The maximum atomic E-state index is 13.3. The van der Waals surface area contributed by atoms with E-state index in [9.17, 15) is 9.59 Å².